The Kier molecular flexibility index (Phi) is 5.22. The van der Waals surface area contributed by atoms with Crippen molar-refractivity contribution >= 4 is 23.5 Å². The fourth-order valence-corrected chi connectivity index (χ4v) is 3.14. The van der Waals surface area contributed by atoms with Crippen LogP contribution in [0.2, 0.25) is 0 Å². The lowest BCUT2D eigenvalue weighted by molar-refractivity contribution is 0.119. The molecule has 0 aliphatic heterocycles. The fourth-order valence-electron chi connectivity index (χ4n) is 0.363. The molecular formula is H7N2O10P3. The molecule has 15 heteroatoms. The van der Waals surface area contributed by atoms with Gasteiger partial charge in [0.2, 0.25) is 0 Å². The third kappa shape index (κ3) is 8.17. The SMILES string of the molecule is NNOP(=O)(O)OP(=O)(O)OP(=O)(O)O. The van der Waals surface area contributed by atoms with Crippen molar-refractivity contribution < 1.29 is 46.5 Å². The predicted molar refractivity (Wildman–Crippen MR) is 42.3 cm³/mol. The highest BCUT2D eigenvalue weighted by atomic mass is 31.3. The van der Waals surface area contributed by atoms with Gasteiger partial charge in [-0.3, -0.25) is 0 Å². The minimum atomic E-state index is -5.46. The molecule has 0 aromatic rings. The van der Waals surface area contributed by atoms with Crippen LogP contribution >= 0.6 is 23.5 Å². The van der Waals surface area contributed by atoms with E-state index in [1.165, 1.54) is 5.59 Å². The van der Waals surface area contributed by atoms with Gasteiger partial charge in [0, 0.05) is 0 Å². The highest BCUT2D eigenvalue weighted by Crippen LogP contribution is 2.65. The first-order chi connectivity index (χ1) is 6.47. The monoisotopic (exact) mass is 288 g/mol. The van der Waals surface area contributed by atoms with Crippen LogP contribution in [0.4, 0.5) is 0 Å². The molecule has 2 atom stereocenters. The van der Waals surface area contributed by atoms with Crippen molar-refractivity contribution in [2.45, 2.75) is 0 Å². The Morgan fingerprint density at radius 1 is 0.933 bits per heavy atom. The summed E-state index contributed by atoms with van der Waals surface area (Å²) in [7, 11) is -15.9. The van der Waals surface area contributed by atoms with E-state index in [0.717, 1.165) is 0 Å². The fraction of sp³-hybridized carbons (Fsp3) is 0. The number of hydrogen-bond acceptors (Lipinski definition) is 8. The minimum absolute atomic E-state index is 1.17. The first kappa shape index (κ1) is 15.3. The van der Waals surface area contributed by atoms with Crippen LogP contribution in [0.3, 0.4) is 0 Å². The average Bonchev–Trinajstić information content (AvgIpc) is 1.74. The zero-order chi connectivity index (χ0) is 12.3. The van der Waals surface area contributed by atoms with Crippen molar-refractivity contribution in [1.29, 1.82) is 0 Å². The van der Waals surface area contributed by atoms with E-state index in [0.29, 0.717) is 0 Å². The highest BCUT2D eigenvalue weighted by Gasteiger charge is 2.40. The van der Waals surface area contributed by atoms with Gasteiger partial charge in [0.1, 0.15) is 0 Å². The van der Waals surface area contributed by atoms with E-state index < -0.39 is 23.5 Å². The van der Waals surface area contributed by atoms with Gasteiger partial charge in [0.15, 0.2) is 0 Å². The van der Waals surface area contributed by atoms with Gasteiger partial charge in [-0.05, 0) is 0 Å². The number of phosphoric acid groups is 3. The lowest BCUT2D eigenvalue weighted by Gasteiger charge is -2.14. The quantitative estimate of drug-likeness (QED) is 0.192. The van der Waals surface area contributed by atoms with Crippen LogP contribution < -0.4 is 11.4 Å². The molecule has 7 N–H and O–H groups in total. The van der Waals surface area contributed by atoms with E-state index in [-0.39, 0.29) is 0 Å². The van der Waals surface area contributed by atoms with Crippen LogP contribution in [0, 0.1) is 0 Å². The van der Waals surface area contributed by atoms with Gasteiger partial charge in [-0.15, -0.1) is 5.59 Å². The maximum atomic E-state index is 10.7. The largest absolute Gasteiger partial charge is 0.498 e. The summed E-state index contributed by atoms with van der Waals surface area (Å²) in [6.07, 6.45) is 0. The molecule has 0 aliphatic rings. The summed E-state index contributed by atoms with van der Waals surface area (Å²) in [6, 6.07) is 0. The smallest absolute Gasteiger partial charge is 0.302 e. The lowest BCUT2D eigenvalue weighted by atomic mass is 12.8. The van der Waals surface area contributed by atoms with E-state index in [1.54, 1.807) is 0 Å². The molecule has 0 saturated carbocycles. The molecule has 12 nitrogen and oxygen atoms in total. The number of nitrogens with two attached hydrogens (primary N) is 1. The molecule has 92 valence electrons. The predicted octanol–water partition coefficient (Wildman–Crippen LogP) is -1.29. The first-order valence-electron chi connectivity index (χ1n) is 2.75. The standard InChI is InChI=1S/H7N2O10P3/c1-2-10-14(6,7)12-15(8,9)11-13(3,4)5/h2H,1H2,(H,6,7)(H,8,9)(H2,3,4,5). The van der Waals surface area contributed by atoms with Crippen molar-refractivity contribution in [2.24, 2.45) is 5.84 Å². The molecule has 0 bridgehead atoms. The second-order valence-corrected chi connectivity index (χ2v) is 6.14. The molecule has 0 aromatic carbocycles. The van der Waals surface area contributed by atoms with Crippen molar-refractivity contribution in [2.75, 3.05) is 0 Å². The number of hydrazine groups is 1. The van der Waals surface area contributed by atoms with Gasteiger partial charge in [-0.25, -0.2) is 19.5 Å². The summed E-state index contributed by atoms with van der Waals surface area (Å²) in [5, 5.41) is 0. The van der Waals surface area contributed by atoms with Crippen molar-refractivity contribution in [3.8, 4) is 0 Å². The van der Waals surface area contributed by atoms with E-state index >= 15 is 0 Å². The lowest BCUT2D eigenvalue weighted by Crippen LogP contribution is -2.20. The van der Waals surface area contributed by atoms with Crippen LogP contribution in [-0.2, 0) is 26.9 Å². The zero-order valence-electron chi connectivity index (χ0n) is 6.66. The topological polar surface area (TPSA) is 198 Å². The maximum absolute atomic E-state index is 10.7. The molecule has 0 heterocycles. The molecule has 0 rings (SSSR count). The molecule has 0 fully saturated rings. The van der Waals surface area contributed by atoms with E-state index in [9.17, 15) is 13.7 Å². The van der Waals surface area contributed by atoms with Crippen LogP contribution in [0.15, 0.2) is 0 Å². The van der Waals surface area contributed by atoms with Gasteiger partial charge >= 0.3 is 23.5 Å². The Labute approximate surface area is 82.4 Å². The minimum Gasteiger partial charge on any atom is -0.302 e. The summed E-state index contributed by atoms with van der Waals surface area (Å²) in [6.45, 7) is 0. The Balaban J connectivity index is 4.59. The molecule has 0 aromatic heterocycles. The molecule has 0 saturated heterocycles. The number of rotatable bonds is 6. The van der Waals surface area contributed by atoms with Crippen molar-refractivity contribution in [3.05, 3.63) is 0 Å². The Hall–Kier alpha value is 0.330. The normalized spacial score (nSPS) is 20.6. The first-order valence-corrected chi connectivity index (χ1v) is 7.27. The summed E-state index contributed by atoms with van der Waals surface area (Å²) < 4.78 is 41.5. The number of hydrogen-bond donors (Lipinski definition) is 6. The number of nitrogens with one attached hydrogen (secondary N) is 1. The molecule has 0 aliphatic carbocycles. The van der Waals surface area contributed by atoms with Crippen molar-refractivity contribution in [1.82, 2.24) is 5.59 Å². The molecular weight excluding hydrogens is 281 g/mol. The maximum Gasteiger partial charge on any atom is 0.498 e. The van der Waals surface area contributed by atoms with Gasteiger partial charge in [-0.1, -0.05) is 0 Å². The van der Waals surface area contributed by atoms with Gasteiger partial charge in [0.05, 0.1) is 0 Å². The Morgan fingerprint density at radius 2 is 1.40 bits per heavy atom. The van der Waals surface area contributed by atoms with E-state index in [4.69, 9.17) is 19.6 Å². The third-order valence-electron chi connectivity index (χ3n) is 0.584. The third-order valence-corrected chi connectivity index (χ3v) is 4.25. The summed E-state index contributed by atoms with van der Waals surface area (Å²) in [4.78, 5) is 33.3. The Bertz CT molecular complexity index is 341. The van der Waals surface area contributed by atoms with Gasteiger partial charge in [0.25, 0.3) is 0 Å². The van der Waals surface area contributed by atoms with Crippen LogP contribution in [-0.4, -0.2) is 19.6 Å². The van der Waals surface area contributed by atoms with Gasteiger partial charge < -0.3 is 19.6 Å². The average molecular weight is 288 g/mol. The second kappa shape index (κ2) is 5.11. The second-order valence-electron chi connectivity index (χ2n) is 1.80. The van der Waals surface area contributed by atoms with E-state index in [1.807, 2.05) is 0 Å². The van der Waals surface area contributed by atoms with Crippen LogP contribution in [0.1, 0.15) is 0 Å². The molecule has 0 radical (unpaired) electrons. The molecule has 0 amide bonds. The van der Waals surface area contributed by atoms with E-state index in [2.05, 4.69) is 19.1 Å². The molecule has 2 unspecified atom stereocenters. The van der Waals surface area contributed by atoms with Gasteiger partial charge in [-0.2, -0.15) is 13.2 Å². The molecule has 15 heavy (non-hydrogen) atoms. The highest BCUT2D eigenvalue weighted by molar-refractivity contribution is 7.66. The van der Waals surface area contributed by atoms with Crippen LogP contribution in [0.5, 0.6) is 0 Å². The molecule has 0 spiro atoms. The summed E-state index contributed by atoms with van der Waals surface area (Å²) >= 11 is 0. The zero-order valence-corrected chi connectivity index (χ0v) is 9.34. The Morgan fingerprint density at radius 3 is 1.73 bits per heavy atom. The van der Waals surface area contributed by atoms with Crippen molar-refractivity contribution in [3.63, 3.8) is 0 Å². The summed E-state index contributed by atoms with van der Waals surface area (Å²) in [5.74, 6) is 4.41. The van der Waals surface area contributed by atoms with Crippen LogP contribution in [0.25, 0.3) is 0 Å². The summed E-state index contributed by atoms with van der Waals surface area (Å²) in [5.41, 5.74) is 1.17.